The van der Waals surface area contributed by atoms with E-state index in [2.05, 4.69) is 33.9 Å². The van der Waals surface area contributed by atoms with Crippen molar-refractivity contribution in [3.05, 3.63) is 35.9 Å². The van der Waals surface area contributed by atoms with E-state index in [9.17, 15) is 10.2 Å². The average Bonchev–Trinajstić information content (AvgIpc) is 2.35. The molecular weight excluding hydrogens is 268 g/mol. The zero-order chi connectivity index (χ0) is 15.4. The lowest BCUT2D eigenvalue weighted by molar-refractivity contribution is -0.0101. The molecule has 0 aliphatic carbocycles. The van der Waals surface area contributed by atoms with Crippen LogP contribution in [0.5, 0.6) is 0 Å². The number of aliphatic hydroxyl groups excluding tert-OH is 2. The maximum absolute atomic E-state index is 10.1. The molecule has 1 rings (SSSR count). The molecule has 1 aromatic carbocycles. The van der Waals surface area contributed by atoms with E-state index in [0.717, 1.165) is 5.56 Å². The first-order valence-electron chi connectivity index (χ1n) is 7.17. The zero-order valence-electron chi connectivity index (χ0n) is 13.3. The summed E-state index contributed by atoms with van der Waals surface area (Å²) >= 11 is 0. The van der Waals surface area contributed by atoms with Gasteiger partial charge in [0.2, 0.25) is 0 Å². The zero-order valence-corrected chi connectivity index (χ0v) is 14.3. The minimum absolute atomic E-state index is 0.108. The fraction of sp³-hybridized carbons (Fsp3) is 0.625. The topological polar surface area (TPSA) is 49.7 Å². The molecule has 2 atom stereocenters. The lowest BCUT2D eigenvalue weighted by Crippen LogP contribution is -2.44. The predicted octanol–water partition coefficient (Wildman–Crippen LogP) is 2.97. The monoisotopic (exact) mass is 296 g/mol. The summed E-state index contributed by atoms with van der Waals surface area (Å²) in [4.78, 5) is 0. The Kier molecular flexibility index (Phi) is 5.95. The maximum atomic E-state index is 10.1. The highest BCUT2D eigenvalue weighted by molar-refractivity contribution is 6.74. The molecular formula is C16H28O3Si. The minimum Gasteiger partial charge on any atom is -0.414 e. The second kappa shape index (κ2) is 6.85. The Hall–Kier alpha value is -0.683. The van der Waals surface area contributed by atoms with Crippen LogP contribution < -0.4 is 0 Å². The van der Waals surface area contributed by atoms with E-state index in [-0.39, 0.29) is 11.6 Å². The molecule has 0 radical (unpaired) electrons. The van der Waals surface area contributed by atoms with Crippen molar-refractivity contribution in [2.24, 2.45) is 0 Å². The minimum atomic E-state index is -1.88. The van der Waals surface area contributed by atoms with E-state index in [1.807, 2.05) is 30.3 Å². The van der Waals surface area contributed by atoms with E-state index in [4.69, 9.17) is 4.43 Å². The van der Waals surface area contributed by atoms with Crippen LogP contribution >= 0.6 is 0 Å². The Balaban J connectivity index is 2.49. The van der Waals surface area contributed by atoms with Gasteiger partial charge in [-0.15, -0.1) is 0 Å². The van der Waals surface area contributed by atoms with Crippen molar-refractivity contribution < 1.29 is 14.6 Å². The molecule has 0 bridgehead atoms. The van der Waals surface area contributed by atoms with Gasteiger partial charge in [-0.25, -0.2) is 0 Å². The fourth-order valence-corrected chi connectivity index (χ4v) is 2.63. The van der Waals surface area contributed by atoms with Gasteiger partial charge in [0.05, 0.1) is 12.7 Å². The van der Waals surface area contributed by atoms with Crippen molar-refractivity contribution in [2.45, 2.75) is 57.5 Å². The van der Waals surface area contributed by atoms with E-state index in [1.165, 1.54) is 0 Å². The van der Waals surface area contributed by atoms with Crippen LogP contribution in [0.4, 0.5) is 0 Å². The van der Waals surface area contributed by atoms with Crippen molar-refractivity contribution >= 4 is 8.32 Å². The highest BCUT2D eigenvalue weighted by Crippen LogP contribution is 2.36. The van der Waals surface area contributed by atoms with Gasteiger partial charge < -0.3 is 14.6 Å². The van der Waals surface area contributed by atoms with E-state index in [0.29, 0.717) is 6.42 Å². The molecule has 2 N–H and O–H groups in total. The number of aliphatic hydroxyl groups is 2. The largest absolute Gasteiger partial charge is 0.414 e. The maximum Gasteiger partial charge on any atom is 0.192 e. The average molecular weight is 296 g/mol. The van der Waals surface area contributed by atoms with Crippen LogP contribution in [0, 0.1) is 0 Å². The Morgan fingerprint density at radius 1 is 1.05 bits per heavy atom. The molecule has 2 unspecified atom stereocenters. The first-order valence-corrected chi connectivity index (χ1v) is 10.1. The van der Waals surface area contributed by atoms with Gasteiger partial charge in [-0.1, -0.05) is 51.1 Å². The van der Waals surface area contributed by atoms with Crippen LogP contribution in [0.3, 0.4) is 0 Å². The van der Waals surface area contributed by atoms with Gasteiger partial charge in [0.15, 0.2) is 8.32 Å². The standard InChI is InChI=1S/C16H28O3Si/c1-16(2,3)20(4,5)19-12-15(18)14(17)11-13-9-7-6-8-10-13/h6-10,14-15,17-18H,11-12H2,1-5H3. The van der Waals surface area contributed by atoms with Crippen molar-refractivity contribution in [2.75, 3.05) is 6.61 Å². The van der Waals surface area contributed by atoms with Crippen LogP contribution in [0.1, 0.15) is 26.3 Å². The van der Waals surface area contributed by atoms with Gasteiger partial charge in [0, 0.05) is 6.42 Å². The van der Waals surface area contributed by atoms with Crippen molar-refractivity contribution in [3.8, 4) is 0 Å². The molecule has 1 aromatic rings. The third-order valence-electron chi connectivity index (χ3n) is 4.15. The molecule has 0 spiro atoms. The Morgan fingerprint density at radius 2 is 1.60 bits per heavy atom. The summed E-state index contributed by atoms with van der Waals surface area (Å²) in [5.74, 6) is 0. The smallest absolute Gasteiger partial charge is 0.192 e. The SMILES string of the molecule is CC(C)(C)[Si](C)(C)OCC(O)C(O)Cc1ccccc1. The Bertz CT molecular complexity index is 398. The van der Waals surface area contributed by atoms with Gasteiger partial charge in [-0.2, -0.15) is 0 Å². The summed E-state index contributed by atoms with van der Waals surface area (Å²) < 4.78 is 5.94. The Labute approximate surface area is 123 Å². The summed E-state index contributed by atoms with van der Waals surface area (Å²) in [6.45, 7) is 11.0. The van der Waals surface area contributed by atoms with Gasteiger partial charge in [0.1, 0.15) is 6.10 Å². The predicted molar refractivity (Wildman–Crippen MR) is 85.3 cm³/mol. The number of rotatable bonds is 6. The lowest BCUT2D eigenvalue weighted by Gasteiger charge is -2.37. The van der Waals surface area contributed by atoms with Crippen molar-refractivity contribution in [3.63, 3.8) is 0 Å². The van der Waals surface area contributed by atoms with Crippen molar-refractivity contribution in [1.82, 2.24) is 0 Å². The van der Waals surface area contributed by atoms with Crippen LogP contribution in [0.25, 0.3) is 0 Å². The van der Waals surface area contributed by atoms with Crippen LogP contribution in [0.2, 0.25) is 18.1 Å². The quantitative estimate of drug-likeness (QED) is 0.794. The van der Waals surface area contributed by atoms with E-state index in [1.54, 1.807) is 0 Å². The highest BCUT2D eigenvalue weighted by atomic mass is 28.4. The molecule has 0 aliphatic rings. The Morgan fingerprint density at radius 3 is 2.10 bits per heavy atom. The molecule has 0 saturated carbocycles. The molecule has 0 aromatic heterocycles. The summed E-state index contributed by atoms with van der Waals surface area (Å²) in [5, 5.41) is 20.2. The first kappa shape index (κ1) is 17.4. The second-order valence-electron chi connectivity index (χ2n) is 6.90. The first-order chi connectivity index (χ1) is 9.13. The van der Waals surface area contributed by atoms with Gasteiger partial charge in [0.25, 0.3) is 0 Å². The van der Waals surface area contributed by atoms with E-state index >= 15 is 0 Å². The molecule has 0 saturated heterocycles. The summed E-state index contributed by atoms with van der Waals surface area (Å²) in [6, 6.07) is 9.70. The molecule has 0 aliphatic heterocycles. The lowest BCUT2D eigenvalue weighted by atomic mass is 10.0. The molecule has 3 nitrogen and oxygen atoms in total. The molecule has 0 amide bonds. The van der Waals surface area contributed by atoms with Crippen LogP contribution in [0.15, 0.2) is 30.3 Å². The molecule has 114 valence electrons. The third-order valence-corrected chi connectivity index (χ3v) is 8.65. The van der Waals surface area contributed by atoms with Gasteiger partial charge in [-0.05, 0) is 23.7 Å². The third kappa shape index (κ3) is 5.02. The summed E-state index contributed by atoms with van der Waals surface area (Å²) in [7, 11) is -1.88. The van der Waals surface area contributed by atoms with Crippen molar-refractivity contribution in [1.29, 1.82) is 0 Å². The number of hydrogen-bond acceptors (Lipinski definition) is 3. The van der Waals surface area contributed by atoms with Gasteiger partial charge >= 0.3 is 0 Å². The number of benzene rings is 1. The second-order valence-corrected chi connectivity index (χ2v) is 11.7. The summed E-state index contributed by atoms with van der Waals surface area (Å²) in [6.07, 6.45) is -1.19. The summed E-state index contributed by atoms with van der Waals surface area (Å²) in [5.41, 5.74) is 1.02. The van der Waals surface area contributed by atoms with Crippen LogP contribution in [-0.2, 0) is 10.8 Å². The van der Waals surface area contributed by atoms with E-state index < -0.39 is 20.5 Å². The highest BCUT2D eigenvalue weighted by Gasteiger charge is 2.37. The normalized spacial score (nSPS) is 15.9. The molecule has 0 heterocycles. The van der Waals surface area contributed by atoms with Gasteiger partial charge in [-0.3, -0.25) is 0 Å². The van der Waals surface area contributed by atoms with Crippen LogP contribution in [-0.4, -0.2) is 37.3 Å². The molecule has 20 heavy (non-hydrogen) atoms. The fourth-order valence-electron chi connectivity index (χ4n) is 1.61. The number of hydrogen-bond donors (Lipinski definition) is 2. The molecule has 4 heteroatoms. The molecule has 0 fully saturated rings.